The van der Waals surface area contributed by atoms with Crippen molar-refractivity contribution in [2.24, 2.45) is 5.73 Å². The Balaban J connectivity index is 1.16. The van der Waals surface area contributed by atoms with Crippen molar-refractivity contribution in [2.45, 2.75) is 44.6 Å². The van der Waals surface area contributed by atoms with Gasteiger partial charge in [0, 0.05) is 31.2 Å². The van der Waals surface area contributed by atoms with Crippen molar-refractivity contribution in [3.63, 3.8) is 0 Å². The highest BCUT2D eigenvalue weighted by atomic mass is 16.5. The number of nitrogens with two attached hydrogens (primary N) is 1. The monoisotopic (exact) mass is 462 g/mol. The summed E-state index contributed by atoms with van der Waals surface area (Å²) in [6.07, 6.45) is 5.00. The number of nitrogens with zero attached hydrogens (tertiary/aromatic N) is 2. The van der Waals surface area contributed by atoms with E-state index < -0.39 is 12.0 Å². The van der Waals surface area contributed by atoms with Crippen molar-refractivity contribution in [3.8, 4) is 5.75 Å². The number of β-amino-alcohol motifs (C(OH)–C–C–N with tert-alkyl or cyclic N) is 1. The van der Waals surface area contributed by atoms with Crippen LogP contribution in [0.2, 0.25) is 0 Å². The number of oxazole rings is 1. The molecule has 5 rings (SSSR count). The molecule has 0 saturated carbocycles. The van der Waals surface area contributed by atoms with Crippen molar-refractivity contribution < 1.29 is 19.1 Å². The molecular formula is C26H30N4O4. The summed E-state index contributed by atoms with van der Waals surface area (Å²) in [6, 6.07) is 11.9. The second-order valence-electron chi connectivity index (χ2n) is 9.10. The maximum Gasteiger partial charge on any atom is 0.248 e. The molecular weight excluding hydrogens is 432 g/mol. The lowest BCUT2D eigenvalue weighted by Gasteiger charge is -2.33. The van der Waals surface area contributed by atoms with Gasteiger partial charge in [0.05, 0.1) is 12.3 Å². The van der Waals surface area contributed by atoms with Gasteiger partial charge in [0.25, 0.3) is 0 Å². The molecule has 2 aromatic carbocycles. The van der Waals surface area contributed by atoms with Gasteiger partial charge in [-0.15, -0.1) is 0 Å². The molecule has 8 nitrogen and oxygen atoms in total. The Labute approximate surface area is 198 Å². The first kappa shape index (κ1) is 22.6. The van der Waals surface area contributed by atoms with Crippen LogP contribution in [0, 0.1) is 0 Å². The number of primary amides is 1. The summed E-state index contributed by atoms with van der Waals surface area (Å²) in [7, 11) is 0. The van der Waals surface area contributed by atoms with Crippen molar-refractivity contribution in [2.75, 3.05) is 19.6 Å². The molecule has 0 bridgehead atoms. The van der Waals surface area contributed by atoms with Crippen LogP contribution >= 0.6 is 0 Å². The Morgan fingerprint density at radius 3 is 2.97 bits per heavy atom. The van der Waals surface area contributed by atoms with Gasteiger partial charge in [-0.1, -0.05) is 12.1 Å². The number of aliphatic hydroxyl groups excluding tert-OH is 1. The van der Waals surface area contributed by atoms with Gasteiger partial charge in [-0.3, -0.25) is 9.69 Å². The zero-order valence-electron chi connectivity index (χ0n) is 19.1. The molecule has 34 heavy (non-hydrogen) atoms. The summed E-state index contributed by atoms with van der Waals surface area (Å²) < 4.78 is 11.0. The third-order valence-electron chi connectivity index (χ3n) is 6.70. The van der Waals surface area contributed by atoms with E-state index in [1.165, 1.54) is 17.5 Å². The van der Waals surface area contributed by atoms with Gasteiger partial charge in [-0.05, 0) is 72.3 Å². The summed E-state index contributed by atoms with van der Waals surface area (Å²) in [5.41, 5.74) is 10.8. The number of aliphatic hydroxyl groups is 1. The zero-order valence-corrected chi connectivity index (χ0v) is 19.1. The maximum atomic E-state index is 11.5. The minimum atomic E-state index is -0.453. The Morgan fingerprint density at radius 1 is 1.24 bits per heavy atom. The van der Waals surface area contributed by atoms with E-state index in [0.29, 0.717) is 30.9 Å². The highest BCUT2D eigenvalue weighted by molar-refractivity contribution is 5.93. The van der Waals surface area contributed by atoms with Crippen LogP contribution in [0.4, 0.5) is 0 Å². The SMILES string of the molecule is NC(=O)c1ccc2c(c1)CCNC2CC(O)CN1CCc2cc(OCc3cnco3)ccc2C1. The van der Waals surface area contributed by atoms with E-state index >= 15 is 0 Å². The van der Waals surface area contributed by atoms with Crippen LogP contribution in [0.5, 0.6) is 5.75 Å². The number of carbonyl (C=O) groups is 1. The van der Waals surface area contributed by atoms with Crippen LogP contribution in [0.15, 0.2) is 53.4 Å². The molecule has 0 fully saturated rings. The molecule has 1 amide bonds. The minimum Gasteiger partial charge on any atom is -0.486 e. The second-order valence-corrected chi connectivity index (χ2v) is 9.10. The van der Waals surface area contributed by atoms with E-state index in [1.54, 1.807) is 12.3 Å². The van der Waals surface area contributed by atoms with E-state index in [2.05, 4.69) is 27.3 Å². The van der Waals surface area contributed by atoms with E-state index in [-0.39, 0.29) is 6.04 Å². The number of aromatic nitrogens is 1. The summed E-state index contributed by atoms with van der Waals surface area (Å²) in [5.74, 6) is 1.11. The predicted molar refractivity (Wildman–Crippen MR) is 126 cm³/mol. The van der Waals surface area contributed by atoms with Crippen molar-refractivity contribution >= 4 is 5.91 Å². The lowest BCUT2D eigenvalue weighted by atomic mass is 9.89. The summed E-state index contributed by atoms with van der Waals surface area (Å²) in [4.78, 5) is 17.7. The number of nitrogens with one attached hydrogen (secondary N) is 1. The molecule has 1 aromatic heterocycles. The Hall–Kier alpha value is -3.20. The number of ether oxygens (including phenoxy) is 1. The molecule has 3 heterocycles. The van der Waals surface area contributed by atoms with Crippen LogP contribution in [-0.4, -0.2) is 46.6 Å². The average molecular weight is 463 g/mol. The largest absolute Gasteiger partial charge is 0.486 e. The molecule has 0 radical (unpaired) electrons. The van der Waals surface area contributed by atoms with Gasteiger partial charge in [0.2, 0.25) is 5.91 Å². The predicted octanol–water partition coefficient (Wildman–Crippen LogP) is 2.35. The van der Waals surface area contributed by atoms with Gasteiger partial charge in [0.1, 0.15) is 12.4 Å². The van der Waals surface area contributed by atoms with Crippen LogP contribution in [0.25, 0.3) is 0 Å². The van der Waals surface area contributed by atoms with Crippen LogP contribution in [0.1, 0.15) is 50.8 Å². The Kier molecular flexibility index (Phi) is 6.62. The molecule has 2 atom stereocenters. The number of benzene rings is 2. The number of fused-ring (bicyclic) bond motifs is 2. The third-order valence-corrected chi connectivity index (χ3v) is 6.70. The zero-order chi connectivity index (χ0) is 23.5. The molecule has 2 unspecified atom stereocenters. The lowest BCUT2D eigenvalue weighted by molar-refractivity contribution is 0.0887. The van der Waals surface area contributed by atoms with Crippen LogP contribution in [0.3, 0.4) is 0 Å². The molecule has 2 aliphatic rings. The number of hydrogen-bond donors (Lipinski definition) is 3. The summed E-state index contributed by atoms with van der Waals surface area (Å²) in [6.45, 7) is 3.51. The van der Waals surface area contributed by atoms with Gasteiger partial charge >= 0.3 is 0 Å². The highest BCUT2D eigenvalue weighted by Gasteiger charge is 2.25. The van der Waals surface area contributed by atoms with Gasteiger partial charge in [0.15, 0.2) is 12.2 Å². The van der Waals surface area contributed by atoms with E-state index in [0.717, 1.165) is 49.4 Å². The van der Waals surface area contributed by atoms with E-state index in [1.807, 2.05) is 18.2 Å². The fraction of sp³-hybridized carbons (Fsp3) is 0.385. The summed E-state index contributed by atoms with van der Waals surface area (Å²) in [5, 5.41) is 14.4. The first-order valence-corrected chi connectivity index (χ1v) is 11.7. The molecule has 3 aromatic rings. The number of hydrogen-bond acceptors (Lipinski definition) is 7. The van der Waals surface area contributed by atoms with E-state index in [9.17, 15) is 9.90 Å². The highest BCUT2D eigenvalue weighted by Crippen LogP contribution is 2.29. The van der Waals surface area contributed by atoms with Crippen molar-refractivity contribution in [3.05, 3.63) is 82.6 Å². The second kappa shape index (κ2) is 9.97. The summed E-state index contributed by atoms with van der Waals surface area (Å²) >= 11 is 0. The first-order chi connectivity index (χ1) is 16.5. The lowest BCUT2D eigenvalue weighted by Crippen LogP contribution is -2.39. The maximum absolute atomic E-state index is 11.5. The molecule has 2 aliphatic heterocycles. The van der Waals surface area contributed by atoms with E-state index in [4.69, 9.17) is 14.9 Å². The number of rotatable bonds is 8. The number of carbonyl (C=O) groups excluding carboxylic acids is 1. The van der Waals surface area contributed by atoms with Crippen molar-refractivity contribution in [1.29, 1.82) is 0 Å². The quantitative estimate of drug-likeness (QED) is 0.471. The standard InChI is InChI=1S/C26H30N4O4/c27-26(32)19-2-4-24-18(9-19)5-7-29-25(24)11-21(31)14-30-8-6-17-10-22(3-1-20(17)13-30)33-15-23-12-28-16-34-23/h1-4,9-10,12,16,21,25,29,31H,5-8,11,13-15H2,(H2,27,32). The average Bonchev–Trinajstić information content (AvgIpc) is 3.36. The molecule has 0 saturated heterocycles. The molecule has 0 aliphatic carbocycles. The molecule has 178 valence electrons. The molecule has 4 N–H and O–H groups in total. The molecule has 8 heteroatoms. The normalized spacial score (nSPS) is 18.7. The third kappa shape index (κ3) is 5.14. The van der Waals surface area contributed by atoms with Gasteiger partial charge < -0.3 is 25.3 Å². The topological polar surface area (TPSA) is 114 Å². The Bertz CT molecular complexity index is 1150. The molecule has 0 spiro atoms. The fourth-order valence-electron chi connectivity index (χ4n) is 4.96. The minimum absolute atomic E-state index is 0.0711. The number of amides is 1. The first-order valence-electron chi connectivity index (χ1n) is 11.7. The Morgan fingerprint density at radius 2 is 2.15 bits per heavy atom. The fourth-order valence-corrected chi connectivity index (χ4v) is 4.96. The smallest absolute Gasteiger partial charge is 0.248 e. The van der Waals surface area contributed by atoms with Crippen molar-refractivity contribution in [1.82, 2.24) is 15.2 Å². The van der Waals surface area contributed by atoms with Crippen LogP contribution in [-0.2, 0) is 26.0 Å². The van der Waals surface area contributed by atoms with Gasteiger partial charge in [-0.25, -0.2) is 4.98 Å². The van der Waals surface area contributed by atoms with Crippen LogP contribution < -0.4 is 15.8 Å². The van der Waals surface area contributed by atoms with Gasteiger partial charge in [-0.2, -0.15) is 0 Å².